The van der Waals surface area contributed by atoms with Gasteiger partial charge in [-0.2, -0.15) is 0 Å². The second kappa shape index (κ2) is 6.76. The molecule has 0 amide bonds. The van der Waals surface area contributed by atoms with Crippen molar-refractivity contribution in [3.05, 3.63) is 47.8 Å². The van der Waals surface area contributed by atoms with Crippen LogP contribution in [0.3, 0.4) is 0 Å². The van der Waals surface area contributed by atoms with Crippen molar-refractivity contribution in [2.75, 3.05) is 12.4 Å². The fourth-order valence-electron chi connectivity index (χ4n) is 3.93. The largest absolute Gasteiger partial charge is 0.480 e. The van der Waals surface area contributed by atoms with Gasteiger partial charge in [-0.25, -0.2) is 23.7 Å². The summed E-state index contributed by atoms with van der Waals surface area (Å²) < 4.78 is 34.5. The Hall–Kier alpha value is -3.01. The number of nitrogens with zero attached hydrogens (tertiary/aromatic N) is 4. The van der Waals surface area contributed by atoms with Gasteiger partial charge in [0.25, 0.3) is 0 Å². The Labute approximate surface area is 175 Å². The maximum atomic E-state index is 14.8. The van der Waals surface area contributed by atoms with Crippen LogP contribution >= 0.6 is 11.8 Å². The molecule has 1 aromatic carbocycles. The van der Waals surface area contributed by atoms with E-state index in [-0.39, 0.29) is 16.7 Å². The molecule has 0 bridgehead atoms. The van der Waals surface area contributed by atoms with Crippen molar-refractivity contribution in [3.63, 3.8) is 0 Å². The first-order valence-corrected chi connectivity index (χ1v) is 10.2. The lowest BCUT2D eigenvalue weighted by Crippen LogP contribution is -2.32. The summed E-state index contributed by atoms with van der Waals surface area (Å²) in [4.78, 5) is 17.4. The van der Waals surface area contributed by atoms with Gasteiger partial charge >= 0.3 is 0 Å². The van der Waals surface area contributed by atoms with Crippen LogP contribution < -0.4 is 15.8 Å². The van der Waals surface area contributed by atoms with Crippen LogP contribution in [0.15, 0.2) is 35.6 Å². The van der Waals surface area contributed by atoms with Gasteiger partial charge in [0.15, 0.2) is 22.6 Å². The molecule has 154 valence electrons. The van der Waals surface area contributed by atoms with Gasteiger partial charge in [-0.05, 0) is 25.5 Å². The number of pyridine rings is 1. The van der Waals surface area contributed by atoms with Crippen molar-refractivity contribution < 1.29 is 13.5 Å². The highest BCUT2D eigenvalue weighted by molar-refractivity contribution is 8.14. The Morgan fingerprint density at radius 2 is 2.13 bits per heavy atom. The zero-order chi connectivity index (χ0) is 21.0. The Morgan fingerprint density at radius 1 is 1.30 bits per heavy atom. The van der Waals surface area contributed by atoms with E-state index in [0.717, 1.165) is 12.5 Å². The molecule has 5 rings (SSSR count). The average Bonchev–Trinajstić information content (AvgIpc) is 3.50. The van der Waals surface area contributed by atoms with Crippen LogP contribution in [0.5, 0.6) is 5.88 Å². The first-order chi connectivity index (χ1) is 14.4. The SMILES string of the molecule is COc1cnc2c(Nc3cc(F)c(F)c([C@@]4(C)N=C(N)S[C@H]5C[C@H]54)c3)nccc2n1. The minimum absolute atomic E-state index is 0.118. The third-order valence-corrected chi connectivity index (χ3v) is 6.71. The zero-order valence-electron chi connectivity index (χ0n) is 16.2. The Kier molecular flexibility index (Phi) is 4.28. The van der Waals surface area contributed by atoms with Gasteiger partial charge < -0.3 is 15.8 Å². The number of rotatable bonds is 4. The van der Waals surface area contributed by atoms with Crippen molar-refractivity contribution in [2.45, 2.75) is 24.1 Å². The van der Waals surface area contributed by atoms with Gasteiger partial charge in [-0.3, -0.25) is 4.99 Å². The fraction of sp³-hybridized carbons (Fsp3) is 0.300. The molecule has 1 fully saturated rings. The molecule has 7 nitrogen and oxygen atoms in total. The summed E-state index contributed by atoms with van der Waals surface area (Å²) in [5.41, 5.74) is 6.59. The molecule has 2 aromatic heterocycles. The molecule has 0 saturated heterocycles. The molecule has 3 aromatic rings. The second-order valence-electron chi connectivity index (χ2n) is 7.48. The normalized spacial score (nSPS) is 24.9. The number of hydrogen-bond acceptors (Lipinski definition) is 8. The summed E-state index contributed by atoms with van der Waals surface area (Å²) in [7, 11) is 1.50. The highest BCUT2D eigenvalue weighted by Crippen LogP contribution is 2.58. The van der Waals surface area contributed by atoms with E-state index in [1.165, 1.54) is 25.1 Å². The van der Waals surface area contributed by atoms with Crippen molar-refractivity contribution >= 4 is 39.5 Å². The lowest BCUT2D eigenvalue weighted by molar-refractivity contribution is 0.393. The van der Waals surface area contributed by atoms with Gasteiger partial charge in [0.05, 0.1) is 24.4 Å². The Morgan fingerprint density at radius 3 is 2.93 bits per heavy atom. The summed E-state index contributed by atoms with van der Waals surface area (Å²) in [6, 6.07) is 4.35. The van der Waals surface area contributed by atoms with Crippen molar-refractivity contribution in [2.24, 2.45) is 16.6 Å². The van der Waals surface area contributed by atoms with Gasteiger partial charge in [-0.15, -0.1) is 0 Å². The molecule has 1 aliphatic heterocycles. The van der Waals surface area contributed by atoms with Crippen LogP contribution in [0.1, 0.15) is 18.9 Å². The standard InChI is InChI=1S/C20H18F2N6OS/c1-20(10-7-14(10)30-19(23)28-20)11-5-9(6-12(21)16(11)22)26-18-17-13(3-4-24-18)27-15(29-2)8-25-17/h3-6,8,10,14H,7H2,1-2H3,(H2,23,28)(H,24,26)/t10-,14+,20+/m1/s1. The number of aliphatic imine (C=N–C) groups is 1. The first kappa shape index (κ1) is 19.0. The number of fused-ring (bicyclic) bond motifs is 2. The lowest BCUT2D eigenvalue weighted by Gasteiger charge is -2.30. The van der Waals surface area contributed by atoms with Gasteiger partial charge in [0.1, 0.15) is 5.52 Å². The summed E-state index contributed by atoms with van der Waals surface area (Å²) in [6.45, 7) is 1.81. The number of amidine groups is 1. The van der Waals surface area contributed by atoms with Crippen molar-refractivity contribution in [1.82, 2.24) is 15.0 Å². The molecule has 1 aliphatic carbocycles. The average molecular weight is 428 g/mol. The maximum absolute atomic E-state index is 14.8. The first-order valence-electron chi connectivity index (χ1n) is 9.33. The van der Waals surface area contributed by atoms with Crippen molar-refractivity contribution in [3.8, 4) is 5.88 Å². The van der Waals surface area contributed by atoms with Gasteiger partial charge in [-0.1, -0.05) is 11.8 Å². The topological polar surface area (TPSA) is 98.3 Å². The molecular weight excluding hydrogens is 410 g/mol. The molecule has 0 unspecified atom stereocenters. The number of nitrogens with one attached hydrogen (secondary N) is 1. The van der Waals surface area contributed by atoms with Crippen LogP contribution in [-0.4, -0.2) is 32.5 Å². The molecule has 3 atom stereocenters. The van der Waals surface area contributed by atoms with E-state index in [1.807, 2.05) is 0 Å². The smallest absolute Gasteiger partial charge is 0.232 e. The maximum Gasteiger partial charge on any atom is 0.232 e. The van der Waals surface area contributed by atoms with Crippen LogP contribution in [0.4, 0.5) is 20.3 Å². The monoisotopic (exact) mass is 428 g/mol. The number of benzene rings is 1. The van der Waals surface area contributed by atoms with Crippen LogP contribution in [0.2, 0.25) is 0 Å². The van der Waals surface area contributed by atoms with Crippen LogP contribution in [0.25, 0.3) is 11.0 Å². The molecule has 0 radical (unpaired) electrons. The van der Waals surface area contributed by atoms with Gasteiger partial charge in [0, 0.05) is 34.7 Å². The second-order valence-corrected chi connectivity index (χ2v) is 8.74. The molecule has 1 saturated carbocycles. The summed E-state index contributed by atoms with van der Waals surface area (Å²) in [5, 5.41) is 3.73. The number of hydrogen-bond donors (Lipinski definition) is 2. The highest BCUT2D eigenvalue weighted by atomic mass is 32.2. The Balaban J connectivity index is 1.57. The minimum Gasteiger partial charge on any atom is -0.480 e. The molecule has 10 heteroatoms. The quantitative estimate of drug-likeness (QED) is 0.653. The molecule has 2 aliphatic rings. The molecular formula is C20H18F2N6OS. The fourth-order valence-corrected chi connectivity index (χ4v) is 5.22. The number of ether oxygens (including phenoxy) is 1. The molecule has 3 heterocycles. The number of aromatic nitrogens is 3. The van der Waals surface area contributed by atoms with E-state index in [0.29, 0.717) is 33.6 Å². The molecule has 3 N–H and O–H groups in total. The van der Waals surface area contributed by atoms with E-state index in [9.17, 15) is 8.78 Å². The summed E-state index contributed by atoms with van der Waals surface area (Å²) in [5.74, 6) is -1.02. The van der Waals surface area contributed by atoms with E-state index in [4.69, 9.17) is 10.5 Å². The molecule has 0 spiro atoms. The number of thioether (sulfide) groups is 1. The van der Waals surface area contributed by atoms with E-state index < -0.39 is 17.2 Å². The summed E-state index contributed by atoms with van der Waals surface area (Å²) >= 11 is 1.49. The molecule has 30 heavy (non-hydrogen) atoms. The predicted molar refractivity (Wildman–Crippen MR) is 112 cm³/mol. The number of nitrogens with two attached hydrogens (primary N) is 1. The van der Waals surface area contributed by atoms with E-state index in [1.54, 1.807) is 25.3 Å². The van der Waals surface area contributed by atoms with E-state index in [2.05, 4.69) is 25.3 Å². The zero-order valence-corrected chi connectivity index (χ0v) is 17.0. The van der Waals surface area contributed by atoms with Crippen LogP contribution in [0, 0.1) is 17.6 Å². The lowest BCUT2D eigenvalue weighted by atomic mass is 9.86. The Bertz CT molecular complexity index is 1210. The van der Waals surface area contributed by atoms with Crippen LogP contribution in [-0.2, 0) is 5.54 Å². The third-order valence-electron chi connectivity index (χ3n) is 5.55. The van der Waals surface area contributed by atoms with E-state index >= 15 is 0 Å². The number of halogens is 2. The third kappa shape index (κ3) is 3.02. The highest BCUT2D eigenvalue weighted by Gasteiger charge is 2.56. The van der Waals surface area contributed by atoms with Crippen molar-refractivity contribution in [1.29, 1.82) is 0 Å². The number of anilines is 2. The summed E-state index contributed by atoms with van der Waals surface area (Å²) in [6.07, 6.45) is 3.89. The van der Waals surface area contributed by atoms with Gasteiger partial charge in [0.2, 0.25) is 5.88 Å². The predicted octanol–water partition coefficient (Wildman–Crippen LogP) is 3.72. The number of methoxy groups -OCH3 is 1. The minimum atomic E-state index is -0.964.